The number of rotatable bonds is 2. The van der Waals surface area contributed by atoms with Gasteiger partial charge in [-0.1, -0.05) is 11.6 Å². The smallest absolute Gasteiger partial charge is 0.245 e. The molecule has 2 amide bonds. The molecule has 0 unspecified atom stereocenters. The molecule has 76 valence electrons. The fourth-order valence-corrected chi connectivity index (χ4v) is 1.64. The predicted octanol–water partition coefficient (Wildman–Crippen LogP) is 0.462. The molecule has 0 aromatic carbocycles. The van der Waals surface area contributed by atoms with Crippen molar-refractivity contribution < 1.29 is 9.59 Å². The Morgan fingerprint density at radius 1 is 1.50 bits per heavy atom. The Morgan fingerprint density at radius 3 is 2.86 bits per heavy atom. The summed E-state index contributed by atoms with van der Waals surface area (Å²) in [7, 11) is 0. The van der Waals surface area contributed by atoms with E-state index in [4.69, 9.17) is 0 Å². The van der Waals surface area contributed by atoms with Crippen LogP contribution in [0, 0.1) is 11.8 Å². The third-order valence-corrected chi connectivity index (χ3v) is 2.64. The zero-order valence-corrected chi connectivity index (χ0v) is 8.41. The van der Waals surface area contributed by atoms with Gasteiger partial charge < -0.3 is 0 Å². The molecule has 0 aromatic heterocycles. The van der Waals surface area contributed by atoms with Gasteiger partial charge in [0.25, 0.3) is 0 Å². The van der Waals surface area contributed by atoms with E-state index >= 15 is 0 Å². The van der Waals surface area contributed by atoms with E-state index in [-0.39, 0.29) is 23.7 Å². The van der Waals surface area contributed by atoms with Crippen molar-refractivity contribution in [1.82, 2.24) is 10.4 Å². The van der Waals surface area contributed by atoms with Gasteiger partial charge in [0, 0.05) is 0 Å². The molecule has 2 aliphatic rings. The number of allylic oxidation sites excluding steroid dienone is 1. The third-order valence-electron chi connectivity index (χ3n) is 2.64. The van der Waals surface area contributed by atoms with Gasteiger partial charge >= 0.3 is 0 Å². The number of nitrogens with one attached hydrogen (secondary N) is 1. The van der Waals surface area contributed by atoms with Crippen LogP contribution in [0.1, 0.15) is 20.3 Å². The van der Waals surface area contributed by atoms with E-state index in [1.165, 1.54) is 5.01 Å². The number of hydrazine groups is 1. The van der Waals surface area contributed by atoms with Crippen LogP contribution in [0.4, 0.5) is 0 Å². The first kappa shape index (κ1) is 9.24. The minimum absolute atomic E-state index is 0.00300. The van der Waals surface area contributed by atoms with Gasteiger partial charge in [-0.05, 0) is 20.3 Å². The van der Waals surface area contributed by atoms with E-state index in [2.05, 4.69) is 5.43 Å². The van der Waals surface area contributed by atoms with Gasteiger partial charge in [-0.25, -0.2) is 5.01 Å². The van der Waals surface area contributed by atoms with Gasteiger partial charge in [-0.2, -0.15) is 0 Å². The average Bonchev–Trinajstić information content (AvgIpc) is 2.88. The summed E-state index contributed by atoms with van der Waals surface area (Å²) >= 11 is 0. The van der Waals surface area contributed by atoms with E-state index in [1.54, 1.807) is 0 Å². The Labute approximate surface area is 82.9 Å². The quantitative estimate of drug-likeness (QED) is 0.649. The molecule has 2 rings (SSSR count). The Morgan fingerprint density at radius 2 is 2.21 bits per heavy atom. The number of carbonyl (C=O) groups excluding carboxylic acids is 2. The summed E-state index contributed by atoms with van der Waals surface area (Å²) < 4.78 is 0. The van der Waals surface area contributed by atoms with Crippen LogP contribution in [0.5, 0.6) is 0 Å². The fraction of sp³-hybridized carbons (Fsp3) is 0.600. The molecule has 0 bridgehead atoms. The summed E-state index contributed by atoms with van der Waals surface area (Å²) in [4.78, 5) is 22.9. The molecule has 0 spiro atoms. The van der Waals surface area contributed by atoms with Crippen molar-refractivity contribution in [1.29, 1.82) is 0 Å². The van der Waals surface area contributed by atoms with Crippen molar-refractivity contribution in [3.8, 4) is 0 Å². The summed E-state index contributed by atoms with van der Waals surface area (Å²) in [6.45, 7) is 4.42. The molecule has 1 N–H and O–H groups in total. The highest BCUT2D eigenvalue weighted by atomic mass is 16.2. The van der Waals surface area contributed by atoms with Crippen LogP contribution in [0.15, 0.2) is 11.6 Å². The predicted molar refractivity (Wildman–Crippen MR) is 50.9 cm³/mol. The molecular formula is C10H14N2O2. The van der Waals surface area contributed by atoms with Crippen molar-refractivity contribution in [3.63, 3.8) is 0 Å². The molecule has 1 heterocycles. The highest BCUT2D eigenvalue weighted by Gasteiger charge is 2.53. The monoisotopic (exact) mass is 194 g/mol. The fourth-order valence-electron chi connectivity index (χ4n) is 1.64. The number of hydrogen-bond donors (Lipinski definition) is 1. The molecule has 1 aliphatic heterocycles. The zero-order valence-electron chi connectivity index (χ0n) is 8.41. The maximum Gasteiger partial charge on any atom is 0.245 e. The average molecular weight is 194 g/mol. The van der Waals surface area contributed by atoms with Crippen molar-refractivity contribution >= 4 is 11.8 Å². The van der Waals surface area contributed by atoms with Crippen molar-refractivity contribution in [2.75, 3.05) is 6.54 Å². The van der Waals surface area contributed by atoms with E-state index < -0.39 is 0 Å². The van der Waals surface area contributed by atoms with E-state index in [1.807, 2.05) is 19.9 Å². The first-order chi connectivity index (χ1) is 6.59. The lowest BCUT2D eigenvalue weighted by Gasteiger charge is -2.25. The molecule has 14 heavy (non-hydrogen) atoms. The second-order valence-electron chi connectivity index (χ2n) is 4.16. The molecule has 4 nitrogen and oxygen atoms in total. The molecule has 1 saturated heterocycles. The minimum Gasteiger partial charge on any atom is -0.273 e. The van der Waals surface area contributed by atoms with Crippen LogP contribution in [-0.4, -0.2) is 23.4 Å². The lowest BCUT2D eigenvalue weighted by molar-refractivity contribution is -0.147. The Hall–Kier alpha value is -1.32. The van der Waals surface area contributed by atoms with E-state index in [0.717, 1.165) is 12.0 Å². The Bertz CT molecular complexity index is 318. The largest absolute Gasteiger partial charge is 0.273 e. The lowest BCUT2D eigenvalue weighted by atomic mass is 10.2. The maximum absolute atomic E-state index is 11.6. The topological polar surface area (TPSA) is 49.4 Å². The number of fused-ring (bicyclic) bond motifs is 1. The second-order valence-corrected chi connectivity index (χ2v) is 4.16. The summed E-state index contributed by atoms with van der Waals surface area (Å²) in [5.74, 6) is -0.0105. The van der Waals surface area contributed by atoms with Crippen LogP contribution in [0.25, 0.3) is 0 Å². The molecule has 1 saturated carbocycles. The standard InChI is InChI=1S/C10H14N2O2/c1-6(2)3-4-12-10(14)8-5-7(8)9(13)11-12/h3,7-8H,4-5H2,1-2H3,(H,11,13)/t7-,8+/m1/s1. The molecule has 4 heteroatoms. The van der Waals surface area contributed by atoms with Gasteiger partial charge in [0.15, 0.2) is 0 Å². The number of nitrogens with zero attached hydrogens (tertiary/aromatic N) is 1. The zero-order chi connectivity index (χ0) is 10.3. The van der Waals surface area contributed by atoms with Gasteiger partial charge in [0.2, 0.25) is 11.8 Å². The van der Waals surface area contributed by atoms with E-state index in [9.17, 15) is 9.59 Å². The third kappa shape index (κ3) is 1.52. The SMILES string of the molecule is CC(C)=CCN1NC(=O)[C@@H]2C[C@@H]2C1=O. The van der Waals surface area contributed by atoms with Gasteiger partial charge in [0.1, 0.15) is 0 Å². The summed E-state index contributed by atoms with van der Waals surface area (Å²) in [6.07, 6.45) is 2.66. The van der Waals surface area contributed by atoms with E-state index in [0.29, 0.717) is 6.54 Å². The highest BCUT2D eigenvalue weighted by Crippen LogP contribution is 2.42. The number of amides is 2. The van der Waals surface area contributed by atoms with Crippen molar-refractivity contribution in [3.05, 3.63) is 11.6 Å². The van der Waals surface area contributed by atoms with Gasteiger partial charge in [0.05, 0.1) is 18.4 Å². The molecule has 2 atom stereocenters. The minimum atomic E-state index is -0.0366. The van der Waals surface area contributed by atoms with Gasteiger partial charge in [-0.3, -0.25) is 15.0 Å². The Kier molecular flexibility index (Phi) is 2.06. The molecule has 0 aromatic rings. The second kappa shape index (κ2) is 3.12. The Balaban J connectivity index is 2.01. The normalized spacial score (nSPS) is 29.4. The maximum atomic E-state index is 11.6. The summed E-state index contributed by atoms with van der Waals surface area (Å²) in [6, 6.07) is 0. The molecule has 2 fully saturated rings. The number of carbonyl (C=O) groups is 2. The highest BCUT2D eigenvalue weighted by molar-refractivity contribution is 5.97. The van der Waals surface area contributed by atoms with Crippen LogP contribution >= 0.6 is 0 Å². The first-order valence-electron chi connectivity index (χ1n) is 4.85. The molecule has 0 radical (unpaired) electrons. The summed E-state index contributed by atoms with van der Waals surface area (Å²) in [5.41, 5.74) is 3.76. The summed E-state index contributed by atoms with van der Waals surface area (Å²) in [5, 5.41) is 1.42. The van der Waals surface area contributed by atoms with Gasteiger partial charge in [-0.15, -0.1) is 0 Å². The van der Waals surface area contributed by atoms with Crippen LogP contribution in [0.2, 0.25) is 0 Å². The van der Waals surface area contributed by atoms with Crippen molar-refractivity contribution in [2.24, 2.45) is 11.8 Å². The first-order valence-corrected chi connectivity index (χ1v) is 4.85. The molecular weight excluding hydrogens is 180 g/mol. The van der Waals surface area contributed by atoms with Crippen LogP contribution in [0.3, 0.4) is 0 Å². The number of hydrogen-bond acceptors (Lipinski definition) is 2. The van der Waals surface area contributed by atoms with Crippen LogP contribution in [-0.2, 0) is 9.59 Å². The molecule has 1 aliphatic carbocycles. The van der Waals surface area contributed by atoms with Crippen molar-refractivity contribution in [2.45, 2.75) is 20.3 Å². The lowest BCUT2D eigenvalue weighted by Crippen LogP contribution is -2.51. The van der Waals surface area contributed by atoms with Crippen LogP contribution < -0.4 is 5.43 Å².